The molecule has 1 aliphatic rings. The van der Waals surface area contributed by atoms with Crippen LogP contribution in [0.1, 0.15) is 38.8 Å². The third-order valence-corrected chi connectivity index (χ3v) is 2.64. The minimum absolute atomic E-state index is 0.890. The average Bonchev–Trinajstić information content (AvgIpc) is 2.52. The summed E-state index contributed by atoms with van der Waals surface area (Å²) in [7, 11) is 0. The van der Waals surface area contributed by atoms with Crippen LogP contribution in [0.3, 0.4) is 0 Å². The maximum Gasteiger partial charge on any atom is 0.135 e. The third kappa shape index (κ3) is 3.05. The molecule has 0 fully saturated rings. The van der Waals surface area contributed by atoms with Gasteiger partial charge in [0.2, 0.25) is 0 Å². The van der Waals surface area contributed by atoms with Crippen LogP contribution in [-0.4, -0.2) is 0 Å². The van der Waals surface area contributed by atoms with Gasteiger partial charge in [-0.25, -0.2) is 0 Å². The van der Waals surface area contributed by atoms with Gasteiger partial charge in [-0.3, -0.25) is 0 Å². The summed E-state index contributed by atoms with van der Waals surface area (Å²) in [5.41, 5.74) is 3.19. The highest BCUT2D eigenvalue weighted by Crippen LogP contribution is 2.41. The van der Waals surface area contributed by atoms with Crippen LogP contribution in [0.2, 0.25) is 0 Å². The van der Waals surface area contributed by atoms with Gasteiger partial charge in [-0.05, 0) is 17.7 Å². The molecule has 0 spiro atoms. The molecular weight excluding hydrogens is 232 g/mol. The Kier molecular flexibility index (Phi) is 5.87. The molecule has 1 nitrogen and oxygen atoms in total. The predicted octanol–water partition coefficient (Wildman–Crippen LogP) is 5.91. The summed E-state index contributed by atoms with van der Waals surface area (Å²) in [6.07, 6.45) is 0. The summed E-state index contributed by atoms with van der Waals surface area (Å²) in [6, 6.07) is 16.0. The number of fused-ring (bicyclic) bond motifs is 2. The molecule has 0 N–H and O–H groups in total. The highest BCUT2D eigenvalue weighted by molar-refractivity contribution is 5.86. The zero-order chi connectivity index (χ0) is 14.3. The highest BCUT2D eigenvalue weighted by Gasteiger charge is 2.18. The van der Waals surface area contributed by atoms with E-state index in [1.165, 1.54) is 0 Å². The second-order valence-electron chi connectivity index (χ2n) is 3.57. The first-order chi connectivity index (χ1) is 9.36. The molecule has 1 heteroatoms. The van der Waals surface area contributed by atoms with Gasteiger partial charge in [0.05, 0.1) is 0 Å². The second kappa shape index (κ2) is 7.42. The van der Waals surface area contributed by atoms with Crippen LogP contribution < -0.4 is 4.74 Å². The number of para-hydroxylation sites is 2. The SMILES string of the molecule is C=C1c2ccccc2Oc2ccccc21.CC.CC. The van der Waals surface area contributed by atoms with E-state index in [1.54, 1.807) is 0 Å². The zero-order valence-corrected chi connectivity index (χ0v) is 12.2. The van der Waals surface area contributed by atoms with E-state index in [9.17, 15) is 0 Å². The number of benzene rings is 2. The Morgan fingerprint density at radius 1 is 0.684 bits per heavy atom. The number of hydrogen-bond acceptors (Lipinski definition) is 1. The molecular formula is C18H22O. The fraction of sp³-hybridized carbons (Fsp3) is 0.222. The molecule has 0 aromatic heterocycles. The normalized spacial score (nSPS) is 10.6. The summed E-state index contributed by atoms with van der Waals surface area (Å²) in [5.74, 6) is 1.78. The molecule has 0 aliphatic carbocycles. The fourth-order valence-corrected chi connectivity index (χ4v) is 1.87. The maximum absolute atomic E-state index is 5.79. The Morgan fingerprint density at radius 3 is 1.47 bits per heavy atom. The molecule has 19 heavy (non-hydrogen) atoms. The number of hydrogen-bond donors (Lipinski definition) is 0. The quantitative estimate of drug-likeness (QED) is 0.485. The summed E-state index contributed by atoms with van der Waals surface area (Å²) in [6.45, 7) is 12.1. The minimum atomic E-state index is 0.890. The molecule has 0 saturated carbocycles. The van der Waals surface area contributed by atoms with Crippen LogP contribution in [0.4, 0.5) is 0 Å². The summed E-state index contributed by atoms with van der Waals surface area (Å²) in [4.78, 5) is 0. The van der Waals surface area contributed by atoms with Crippen molar-refractivity contribution in [3.8, 4) is 11.5 Å². The van der Waals surface area contributed by atoms with E-state index in [1.807, 2.05) is 76.2 Å². The smallest absolute Gasteiger partial charge is 0.135 e. The third-order valence-electron chi connectivity index (χ3n) is 2.64. The highest BCUT2D eigenvalue weighted by atomic mass is 16.5. The van der Waals surface area contributed by atoms with Crippen molar-refractivity contribution < 1.29 is 4.74 Å². The lowest BCUT2D eigenvalue weighted by molar-refractivity contribution is 0.474. The first-order valence-electron chi connectivity index (χ1n) is 6.92. The lowest BCUT2D eigenvalue weighted by atomic mass is 9.96. The Balaban J connectivity index is 0.000000415. The molecule has 2 aromatic carbocycles. The van der Waals surface area contributed by atoms with Gasteiger partial charge in [-0.2, -0.15) is 0 Å². The van der Waals surface area contributed by atoms with Gasteiger partial charge in [0.1, 0.15) is 11.5 Å². The van der Waals surface area contributed by atoms with Crippen molar-refractivity contribution in [3.63, 3.8) is 0 Å². The van der Waals surface area contributed by atoms with Gasteiger partial charge in [0.25, 0.3) is 0 Å². The summed E-state index contributed by atoms with van der Waals surface area (Å²) < 4.78 is 5.79. The lowest BCUT2D eigenvalue weighted by Crippen LogP contribution is -2.00. The first-order valence-corrected chi connectivity index (χ1v) is 6.92. The largest absolute Gasteiger partial charge is 0.456 e. The van der Waals surface area contributed by atoms with Crippen LogP contribution in [0.25, 0.3) is 5.57 Å². The standard InChI is InChI=1S/C14H10O.2C2H6/c1-10-11-6-2-4-8-13(11)15-14-9-5-3-7-12(10)14;2*1-2/h2-9H,1H2;2*1-2H3. The van der Waals surface area contributed by atoms with E-state index in [2.05, 4.69) is 6.58 Å². The monoisotopic (exact) mass is 254 g/mol. The van der Waals surface area contributed by atoms with Crippen molar-refractivity contribution in [2.45, 2.75) is 27.7 Å². The first kappa shape index (κ1) is 15.0. The van der Waals surface area contributed by atoms with Crippen LogP contribution >= 0.6 is 0 Å². The van der Waals surface area contributed by atoms with Gasteiger partial charge in [0.15, 0.2) is 0 Å². The molecule has 1 heterocycles. The molecule has 2 aromatic rings. The Bertz CT molecular complexity index is 493. The molecule has 0 unspecified atom stereocenters. The van der Waals surface area contributed by atoms with Gasteiger partial charge in [0, 0.05) is 11.1 Å². The maximum atomic E-state index is 5.79. The van der Waals surface area contributed by atoms with Gasteiger partial charge in [-0.15, -0.1) is 0 Å². The van der Waals surface area contributed by atoms with Crippen molar-refractivity contribution in [1.82, 2.24) is 0 Å². The topological polar surface area (TPSA) is 9.23 Å². The van der Waals surface area contributed by atoms with Gasteiger partial charge < -0.3 is 4.74 Å². The van der Waals surface area contributed by atoms with Crippen LogP contribution in [0.15, 0.2) is 55.1 Å². The van der Waals surface area contributed by atoms with Crippen molar-refractivity contribution in [3.05, 3.63) is 66.2 Å². The molecule has 3 rings (SSSR count). The van der Waals surface area contributed by atoms with E-state index in [0.29, 0.717) is 0 Å². The van der Waals surface area contributed by atoms with Crippen LogP contribution in [-0.2, 0) is 0 Å². The number of ether oxygens (including phenoxy) is 1. The van der Waals surface area contributed by atoms with E-state index in [-0.39, 0.29) is 0 Å². The van der Waals surface area contributed by atoms with E-state index >= 15 is 0 Å². The van der Waals surface area contributed by atoms with Crippen LogP contribution in [0.5, 0.6) is 11.5 Å². The molecule has 100 valence electrons. The molecule has 0 atom stereocenters. The molecule has 0 amide bonds. The molecule has 0 saturated heterocycles. The van der Waals surface area contributed by atoms with Gasteiger partial charge >= 0.3 is 0 Å². The summed E-state index contributed by atoms with van der Waals surface area (Å²) >= 11 is 0. The minimum Gasteiger partial charge on any atom is -0.456 e. The molecule has 1 aliphatic heterocycles. The van der Waals surface area contributed by atoms with E-state index in [0.717, 1.165) is 28.2 Å². The van der Waals surface area contributed by atoms with Crippen LogP contribution in [0, 0.1) is 0 Å². The fourth-order valence-electron chi connectivity index (χ4n) is 1.87. The molecule has 0 bridgehead atoms. The Hall–Kier alpha value is -2.02. The zero-order valence-electron chi connectivity index (χ0n) is 12.2. The average molecular weight is 254 g/mol. The summed E-state index contributed by atoms with van der Waals surface area (Å²) in [5, 5.41) is 0. The predicted molar refractivity (Wildman–Crippen MR) is 83.8 cm³/mol. The Labute approximate surface area is 116 Å². The Morgan fingerprint density at radius 2 is 1.05 bits per heavy atom. The lowest BCUT2D eigenvalue weighted by Gasteiger charge is -2.21. The molecule has 0 radical (unpaired) electrons. The van der Waals surface area contributed by atoms with Crippen molar-refractivity contribution >= 4 is 5.57 Å². The van der Waals surface area contributed by atoms with E-state index in [4.69, 9.17) is 4.74 Å². The second-order valence-corrected chi connectivity index (χ2v) is 3.57. The number of rotatable bonds is 0. The van der Waals surface area contributed by atoms with Gasteiger partial charge in [-0.1, -0.05) is 70.7 Å². The van der Waals surface area contributed by atoms with Crippen molar-refractivity contribution in [2.24, 2.45) is 0 Å². The van der Waals surface area contributed by atoms with Crippen molar-refractivity contribution in [2.75, 3.05) is 0 Å². The van der Waals surface area contributed by atoms with Crippen molar-refractivity contribution in [1.29, 1.82) is 0 Å². The van der Waals surface area contributed by atoms with E-state index < -0.39 is 0 Å².